The van der Waals surface area contributed by atoms with E-state index >= 15 is 0 Å². The SMILES string of the molecule is CC[C@H]1CN(C(=O)COc2cc(C)on2)C[C@H]1N1CCOCC1. The minimum Gasteiger partial charge on any atom is -0.465 e. The molecule has 2 aliphatic heterocycles. The normalized spacial score (nSPS) is 25.7. The van der Waals surface area contributed by atoms with Crippen LogP contribution in [0.5, 0.6) is 5.88 Å². The molecule has 0 aromatic carbocycles. The van der Waals surface area contributed by atoms with Gasteiger partial charge < -0.3 is 18.9 Å². The van der Waals surface area contributed by atoms with Crippen molar-refractivity contribution in [2.75, 3.05) is 46.0 Å². The molecule has 0 unspecified atom stereocenters. The molecule has 0 N–H and O–H groups in total. The summed E-state index contributed by atoms with van der Waals surface area (Å²) in [7, 11) is 0. The minimum absolute atomic E-state index is 0.0121. The first-order valence-electron chi connectivity index (χ1n) is 8.33. The maximum atomic E-state index is 12.4. The van der Waals surface area contributed by atoms with Gasteiger partial charge >= 0.3 is 0 Å². The van der Waals surface area contributed by atoms with Crippen LogP contribution in [-0.4, -0.2) is 72.9 Å². The van der Waals surface area contributed by atoms with Gasteiger partial charge in [0, 0.05) is 38.3 Å². The van der Waals surface area contributed by atoms with Crippen LogP contribution in [0.15, 0.2) is 10.6 Å². The number of hydrogen-bond donors (Lipinski definition) is 0. The molecule has 0 saturated carbocycles. The number of likely N-dealkylation sites (tertiary alicyclic amines) is 1. The molecular weight excluding hydrogens is 298 g/mol. The molecule has 2 atom stereocenters. The third-order valence-corrected chi connectivity index (χ3v) is 4.75. The summed E-state index contributed by atoms with van der Waals surface area (Å²) in [6.07, 6.45) is 1.08. The highest BCUT2D eigenvalue weighted by molar-refractivity contribution is 5.78. The number of hydrogen-bond acceptors (Lipinski definition) is 6. The quantitative estimate of drug-likeness (QED) is 0.803. The Morgan fingerprint density at radius 1 is 1.39 bits per heavy atom. The van der Waals surface area contributed by atoms with Crippen LogP contribution in [0.1, 0.15) is 19.1 Å². The molecule has 0 spiro atoms. The summed E-state index contributed by atoms with van der Waals surface area (Å²) in [4.78, 5) is 16.8. The number of aromatic nitrogens is 1. The Morgan fingerprint density at radius 3 is 2.83 bits per heavy atom. The van der Waals surface area contributed by atoms with Gasteiger partial charge in [-0.25, -0.2) is 0 Å². The van der Waals surface area contributed by atoms with Gasteiger partial charge in [-0.15, -0.1) is 0 Å². The first kappa shape index (κ1) is 16.3. The standard InChI is InChI=1S/C16H25N3O4/c1-3-13-9-19(10-14(13)18-4-6-21-7-5-18)16(20)11-22-15-8-12(2)23-17-15/h8,13-14H,3-7,9-11H2,1-2H3/t13-,14+/m0/s1. The van der Waals surface area contributed by atoms with E-state index < -0.39 is 0 Å². The summed E-state index contributed by atoms with van der Waals surface area (Å²) in [5, 5.41) is 3.74. The molecule has 2 fully saturated rings. The van der Waals surface area contributed by atoms with E-state index in [-0.39, 0.29) is 12.5 Å². The highest BCUT2D eigenvalue weighted by atomic mass is 16.5. The molecule has 3 rings (SSSR count). The van der Waals surface area contributed by atoms with Crippen LogP contribution in [0, 0.1) is 12.8 Å². The van der Waals surface area contributed by atoms with E-state index in [9.17, 15) is 4.79 Å². The fourth-order valence-electron chi connectivity index (χ4n) is 3.42. The summed E-state index contributed by atoms with van der Waals surface area (Å²) in [5.74, 6) is 1.57. The number of aryl methyl sites for hydroxylation is 1. The van der Waals surface area contributed by atoms with Crippen molar-refractivity contribution in [3.8, 4) is 5.88 Å². The van der Waals surface area contributed by atoms with E-state index in [0.29, 0.717) is 23.6 Å². The summed E-state index contributed by atoms with van der Waals surface area (Å²) in [6, 6.07) is 2.12. The zero-order valence-corrected chi connectivity index (χ0v) is 13.9. The molecule has 0 bridgehead atoms. The van der Waals surface area contributed by atoms with Crippen molar-refractivity contribution in [1.29, 1.82) is 0 Å². The van der Waals surface area contributed by atoms with Crippen LogP contribution in [-0.2, 0) is 9.53 Å². The van der Waals surface area contributed by atoms with E-state index in [2.05, 4.69) is 17.0 Å². The van der Waals surface area contributed by atoms with Gasteiger partial charge in [-0.2, -0.15) is 0 Å². The molecule has 128 valence electrons. The second-order valence-corrected chi connectivity index (χ2v) is 6.25. The van der Waals surface area contributed by atoms with E-state index in [1.807, 2.05) is 4.90 Å². The lowest BCUT2D eigenvalue weighted by Crippen LogP contribution is -2.47. The predicted octanol–water partition coefficient (Wildman–Crippen LogP) is 0.931. The average molecular weight is 323 g/mol. The largest absolute Gasteiger partial charge is 0.465 e. The Balaban J connectivity index is 1.54. The number of carbonyl (C=O) groups is 1. The summed E-state index contributed by atoms with van der Waals surface area (Å²) < 4.78 is 15.8. The third kappa shape index (κ3) is 3.84. The van der Waals surface area contributed by atoms with Crippen molar-refractivity contribution in [2.24, 2.45) is 5.92 Å². The number of morpholine rings is 1. The molecule has 7 heteroatoms. The lowest BCUT2D eigenvalue weighted by molar-refractivity contribution is -0.132. The van der Waals surface area contributed by atoms with E-state index in [4.69, 9.17) is 14.0 Å². The molecule has 2 saturated heterocycles. The second-order valence-electron chi connectivity index (χ2n) is 6.25. The maximum Gasteiger partial charge on any atom is 0.260 e. The molecule has 7 nitrogen and oxygen atoms in total. The summed E-state index contributed by atoms with van der Waals surface area (Å²) >= 11 is 0. The van der Waals surface area contributed by atoms with Crippen molar-refractivity contribution in [3.63, 3.8) is 0 Å². The molecule has 1 aromatic rings. The van der Waals surface area contributed by atoms with Crippen molar-refractivity contribution < 1.29 is 18.8 Å². The fraction of sp³-hybridized carbons (Fsp3) is 0.750. The molecule has 0 radical (unpaired) electrons. The van der Waals surface area contributed by atoms with E-state index in [0.717, 1.165) is 45.8 Å². The Hall–Kier alpha value is -1.60. The number of carbonyl (C=O) groups excluding carboxylic acids is 1. The van der Waals surface area contributed by atoms with Gasteiger partial charge in [0.05, 0.1) is 13.2 Å². The molecule has 1 aromatic heterocycles. The number of nitrogens with zero attached hydrogens (tertiary/aromatic N) is 3. The van der Waals surface area contributed by atoms with Gasteiger partial charge in [-0.3, -0.25) is 9.69 Å². The molecule has 2 aliphatic rings. The van der Waals surface area contributed by atoms with Crippen LogP contribution in [0.4, 0.5) is 0 Å². The fourth-order valence-corrected chi connectivity index (χ4v) is 3.42. The van der Waals surface area contributed by atoms with Crippen molar-refractivity contribution in [2.45, 2.75) is 26.3 Å². The van der Waals surface area contributed by atoms with E-state index in [1.165, 1.54) is 0 Å². The second kappa shape index (κ2) is 7.31. The summed E-state index contributed by atoms with van der Waals surface area (Å²) in [6.45, 7) is 9.07. The molecule has 3 heterocycles. The van der Waals surface area contributed by atoms with Crippen LogP contribution >= 0.6 is 0 Å². The monoisotopic (exact) mass is 323 g/mol. The zero-order valence-electron chi connectivity index (χ0n) is 13.9. The third-order valence-electron chi connectivity index (χ3n) is 4.75. The highest BCUT2D eigenvalue weighted by Gasteiger charge is 2.38. The van der Waals surface area contributed by atoms with Crippen LogP contribution < -0.4 is 4.74 Å². The van der Waals surface area contributed by atoms with Gasteiger partial charge in [-0.1, -0.05) is 13.3 Å². The Morgan fingerprint density at radius 2 is 2.17 bits per heavy atom. The highest BCUT2D eigenvalue weighted by Crippen LogP contribution is 2.25. The molecular formula is C16H25N3O4. The Kier molecular flexibility index (Phi) is 5.17. The van der Waals surface area contributed by atoms with Gasteiger partial charge in [0.2, 0.25) is 0 Å². The van der Waals surface area contributed by atoms with Gasteiger partial charge in [-0.05, 0) is 18.0 Å². The number of ether oxygens (including phenoxy) is 2. The first-order chi connectivity index (χ1) is 11.2. The average Bonchev–Trinajstić information content (AvgIpc) is 3.19. The van der Waals surface area contributed by atoms with Crippen LogP contribution in [0.25, 0.3) is 0 Å². The van der Waals surface area contributed by atoms with Gasteiger partial charge in [0.1, 0.15) is 5.76 Å². The molecule has 23 heavy (non-hydrogen) atoms. The lowest BCUT2D eigenvalue weighted by Gasteiger charge is -2.34. The smallest absolute Gasteiger partial charge is 0.260 e. The predicted molar refractivity (Wildman–Crippen MR) is 83.3 cm³/mol. The molecule has 1 amide bonds. The minimum atomic E-state index is 0.0121. The first-order valence-corrected chi connectivity index (χ1v) is 8.33. The number of rotatable bonds is 5. The van der Waals surface area contributed by atoms with Gasteiger partial charge in [0.25, 0.3) is 11.8 Å². The van der Waals surface area contributed by atoms with Crippen molar-refractivity contribution in [3.05, 3.63) is 11.8 Å². The zero-order chi connectivity index (χ0) is 16.2. The topological polar surface area (TPSA) is 68.0 Å². The van der Waals surface area contributed by atoms with Gasteiger partial charge in [0.15, 0.2) is 6.61 Å². The van der Waals surface area contributed by atoms with Crippen LogP contribution in [0.2, 0.25) is 0 Å². The Labute approximate surface area is 136 Å². The summed E-state index contributed by atoms with van der Waals surface area (Å²) in [5.41, 5.74) is 0. The van der Waals surface area contributed by atoms with Crippen LogP contribution in [0.3, 0.4) is 0 Å². The number of amides is 1. The maximum absolute atomic E-state index is 12.4. The lowest BCUT2D eigenvalue weighted by atomic mass is 9.99. The molecule has 0 aliphatic carbocycles. The van der Waals surface area contributed by atoms with Crippen molar-refractivity contribution >= 4 is 5.91 Å². The van der Waals surface area contributed by atoms with Crippen molar-refractivity contribution in [1.82, 2.24) is 15.0 Å². The Bertz CT molecular complexity index is 527. The van der Waals surface area contributed by atoms with E-state index in [1.54, 1.807) is 13.0 Å².